The third-order valence-electron chi connectivity index (χ3n) is 2.90. The molecule has 0 aliphatic heterocycles. The lowest BCUT2D eigenvalue weighted by Crippen LogP contribution is -2.41. The van der Waals surface area contributed by atoms with Crippen LogP contribution in [0.5, 0.6) is 5.75 Å². The molecule has 23 heavy (non-hydrogen) atoms. The number of amides is 1. The molecule has 0 atom stereocenters. The van der Waals surface area contributed by atoms with Crippen LogP contribution in [0.4, 0.5) is 0 Å². The number of nitrogens with one attached hydrogen (secondary N) is 1. The summed E-state index contributed by atoms with van der Waals surface area (Å²) < 4.78 is 6.78. The number of carbonyl (C=O) groups is 1. The molecule has 1 N–H and O–H groups in total. The highest BCUT2D eigenvalue weighted by Crippen LogP contribution is 2.07. The van der Waals surface area contributed by atoms with Gasteiger partial charge >= 0.3 is 0 Å². The topological polar surface area (TPSA) is 73.2 Å². The van der Waals surface area contributed by atoms with Gasteiger partial charge in [-0.05, 0) is 39.0 Å². The van der Waals surface area contributed by atoms with Crippen molar-refractivity contribution in [2.75, 3.05) is 6.61 Å². The van der Waals surface area contributed by atoms with Gasteiger partial charge in [-0.15, -0.1) is 0 Å². The van der Waals surface area contributed by atoms with E-state index in [-0.39, 0.29) is 29.2 Å². The Morgan fingerprint density at radius 2 is 1.87 bits per heavy atom. The number of benzene rings is 1. The van der Waals surface area contributed by atoms with E-state index in [1.165, 1.54) is 16.8 Å². The van der Waals surface area contributed by atoms with Gasteiger partial charge in [0, 0.05) is 11.6 Å². The summed E-state index contributed by atoms with van der Waals surface area (Å²) in [5.41, 5.74) is -0.427. The fraction of sp³-hybridized carbons (Fsp3) is 0.353. The number of nitrogens with zero attached hydrogens (tertiary/aromatic N) is 2. The maximum atomic E-state index is 12.1. The van der Waals surface area contributed by atoms with Crippen LogP contribution in [0, 0.1) is 0 Å². The van der Waals surface area contributed by atoms with Crippen molar-refractivity contribution >= 4 is 5.91 Å². The predicted molar refractivity (Wildman–Crippen MR) is 87.7 cm³/mol. The van der Waals surface area contributed by atoms with Crippen molar-refractivity contribution in [3.8, 4) is 5.75 Å². The molecule has 2 aromatic rings. The van der Waals surface area contributed by atoms with Gasteiger partial charge in [-0.2, -0.15) is 5.10 Å². The molecule has 1 aromatic heterocycles. The van der Waals surface area contributed by atoms with Crippen LogP contribution >= 0.6 is 0 Å². The molecule has 1 amide bonds. The highest BCUT2D eigenvalue weighted by molar-refractivity contribution is 5.92. The second kappa shape index (κ2) is 7.09. The van der Waals surface area contributed by atoms with Crippen LogP contribution in [0.3, 0.4) is 0 Å². The van der Waals surface area contributed by atoms with Crippen LogP contribution in [-0.2, 0) is 6.54 Å². The van der Waals surface area contributed by atoms with Gasteiger partial charge in [-0.25, -0.2) is 4.68 Å². The minimum atomic E-state index is -0.365. The summed E-state index contributed by atoms with van der Waals surface area (Å²) in [5, 5.41) is 6.92. The van der Waals surface area contributed by atoms with Crippen LogP contribution in [0.1, 0.15) is 31.3 Å². The van der Waals surface area contributed by atoms with Crippen molar-refractivity contribution in [2.45, 2.75) is 32.9 Å². The summed E-state index contributed by atoms with van der Waals surface area (Å²) >= 11 is 0. The van der Waals surface area contributed by atoms with Crippen molar-refractivity contribution in [3.63, 3.8) is 0 Å². The molecule has 0 unspecified atom stereocenters. The monoisotopic (exact) mass is 315 g/mol. The van der Waals surface area contributed by atoms with Crippen molar-refractivity contribution < 1.29 is 9.53 Å². The number of hydrogen-bond acceptors (Lipinski definition) is 4. The molecule has 0 aliphatic rings. The molecule has 0 radical (unpaired) electrons. The first kappa shape index (κ1) is 16.7. The summed E-state index contributed by atoms with van der Waals surface area (Å²) in [7, 11) is 0. The Labute approximate surface area is 135 Å². The number of para-hydroxylation sites is 1. The lowest BCUT2D eigenvalue weighted by molar-refractivity contribution is 0.0911. The molecule has 0 aliphatic carbocycles. The third-order valence-corrected chi connectivity index (χ3v) is 2.90. The maximum Gasteiger partial charge on any atom is 0.272 e. The number of rotatable bonds is 5. The molecular weight excluding hydrogens is 294 g/mol. The van der Waals surface area contributed by atoms with Gasteiger partial charge in [0.05, 0.1) is 6.54 Å². The fourth-order valence-corrected chi connectivity index (χ4v) is 1.90. The zero-order valence-corrected chi connectivity index (χ0v) is 13.6. The van der Waals surface area contributed by atoms with Crippen molar-refractivity contribution in [1.82, 2.24) is 15.1 Å². The van der Waals surface area contributed by atoms with Gasteiger partial charge < -0.3 is 10.1 Å². The molecule has 0 spiro atoms. The molecule has 0 saturated heterocycles. The smallest absolute Gasteiger partial charge is 0.272 e. The first-order valence-electron chi connectivity index (χ1n) is 7.44. The Morgan fingerprint density at radius 3 is 2.52 bits per heavy atom. The van der Waals surface area contributed by atoms with E-state index in [4.69, 9.17) is 4.74 Å². The minimum absolute atomic E-state index is 0.208. The summed E-state index contributed by atoms with van der Waals surface area (Å²) in [6, 6.07) is 12.1. The zero-order valence-electron chi connectivity index (χ0n) is 13.6. The zero-order chi connectivity index (χ0) is 16.9. The summed E-state index contributed by atoms with van der Waals surface area (Å²) in [6.45, 7) is 6.21. The average Bonchev–Trinajstić information content (AvgIpc) is 2.48. The molecule has 6 heteroatoms. The van der Waals surface area contributed by atoms with E-state index in [1.54, 1.807) is 0 Å². The van der Waals surface area contributed by atoms with Crippen LogP contribution < -0.4 is 15.6 Å². The molecule has 0 bridgehead atoms. The van der Waals surface area contributed by atoms with Crippen molar-refractivity contribution in [2.24, 2.45) is 0 Å². The highest BCUT2D eigenvalue weighted by Gasteiger charge is 2.17. The maximum absolute atomic E-state index is 12.1. The summed E-state index contributed by atoms with van der Waals surface area (Å²) in [4.78, 5) is 23.9. The summed E-state index contributed by atoms with van der Waals surface area (Å²) in [6.07, 6.45) is 0. The molecule has 1 heterocycles. The number of hydrogen-bond donors (Lipinski definition) is 1. The molecule has 0 fully saturated rings. The van der Waals surface area contributed by atoms with E-state index in [1.807, 2.05) is 51.1 Å². The lowest BCUT2D eigenvalue weighted by Gasteiger charge is -2.20. The number of carbonyl (C=O) groups excluding carboxylic acids is 1. The van der Waals surface area contributed by atoms with Gasteiger partial charge in [-0.1, -0.05) is 18.2 Å². The average molecular weight is 315 g/mol. The first-order valence-corrected chi connectivity index (χ1v) is 7.44. The Balaban J connectivity index is 2.03. The molecule has 2 rings (SSSR count). The SMILES string of the molecule is CC(C)(C)NC(=O)c1ccc(=O)n(CCOc2ccccc2)n1. The van der Waals surface area contributed by atoms with E-state index in [0.717, 1.165) is 5.75 Å². The molecule has 6 nitrogen and oxygen atoms in total. The van der Waals surface area contributed by atoms with Crippen LogP contribution in [0.2, 0.25) is 0 Å². The number of ether oxygens (including phenoxy) is 1. The molecule has 0 saturated carbocycles. The standard InChI is InChI=1S/C17H21N3O3/c1-17(2,3)18-16(22)14-9-10-15(21)20(19-14)11-12-23-13-7-5-4-6-8-13/h4-10H,11-12H2,1-3H3,(H,18,22). The van der Waals surface area contributed by atoms with Gasteiger partial charge in [0.1, 0.15) is 18.1 Å². The molecule has 122 valence electrons. The Morgan fingerprint density at radius 1 is 1.17 bits per heavy atom. The number of aromatic nitrogens is 2. The van der Waals surface area contributed by atoms with Crippen molar-refractivity contribution in [3.05, 3.63) is 58.5 Å². The second-order valence-corrected chi connectivity index (χ2v) is 6.15. The Bertz CT molecular complexity index is 718. The fourth-order valence-electron chi connectivity index (χ4n) is 1.90. The largest absolute Gasteiger partial charge is 0.492 e. The van der Waals surface area contributed by atoms with Crippen LogP contribution in [0.15, 0.2) is 47.3 Å². The normalized spacial score (nSPS) is 11.1. The molecular formula is C17H21N3O3. The van der Waals surface area contributed by atoms with E-state index in [0.29, 0.717) is 6.61 Å². The minimum Gasteiger partial charge on any atom is -0.492 e. The van der Waals surface area contributed by atoms with Crippen molar-refractivity contribution in [1.29, 1.82) is 0 Å². The third kappa shape index (κ3) is 5.25. The summed E-state index contributed by atoms with van der Waals surface area (Å²) in [5.74, 6) is 0.414. The van der Waals surface area contributed by atoms with E-state index >= 15 is 0 Å². The highest BCUT2D eigenvalue weighted by atomic mass is 16.5. The quantitative estimate of drug-likeness (QED) is 0.914. The van der Waals surface area contributed by atoms with Crippen LogP contribution in [0.25, 0.3) is 0 Å². The van der Waals surface area contributed by atoms with Crippen LogP contribution in [-0.4, -0.2) is 27.8 Å². The van der Waals surface area contributed by atoms with E-state index < -0.39 is 0 Å². The van der Waals surface area contributed by atoms with Gasteiger partial charge in [-0.3, -0.25) is 9.59 Å². The van der Waals surface area contributed by atoms with E-state index in [9.17, 15) is 9.59 Å². The Hall–Kier alpha value is -2.63. The van der Waals surface area contributed by atoms with Gasteiger partial charge in [0.15, 0.2) is 0 Å². The lowest BCUT2D eigenvalue weighted by atomic mass is 10.1. The van der Waals surface area contributed by atoms with E-state index in [2.05, 4.69) is 10.4 Å². The molecule has 1 aromatic carbocycles. The second-order valence-electron chi connectivity index (χ2n) is 6.15. The van der Waals surface area contributed by atoms with Gasteiger partial charge in [0.2, 0.25) is 0 Å². The predicted octanol–water partition coefficient (Wildman–Crippen LogP) is 1.85. The van der Waals surface area contributed by atoms with Gasteiger partial charge in [0.25, 0.3) is 11.5 Å². The Kier molecular flexibility index (Phi) is 5.16. The first-order chi connectivity index (χ1) is 10.8.